The fraction of sp³-hybridized carbons (Fsp3) is 0.231. The van der Waals surface area contributed by atoms with Crippen LogP contribution < -0.4 is 5.32 Å². The van der Waals surface area contributed by atoms with Gasteiger partial charge in [-0.3, -0.25) is 0 Å². The number of rotatable bonds is 4. The van der Waals surface area contributed by atoms with Gasteiger partial charge in [-0.15, -0.1) is 11.3 Å². The van der Waals surface area contributed by atoms with Crippen molar-refractivity contribution in [3.63, 3.8) is 0 Å². The van der Waals surface area contributed by atoms with Crippen molar-refractivity contribution in [1.29, 1.82) is 0 Å². The van der Waals surface area contributed by atoms with Gasteiger partial charge in [-0.2, -0.15) is 0 Å². The van der Waals surface area contributed by atoms with Crippen LogP contribution in [-0.4, -0.2) is 16.1 Å². The molecule has 2 rings (SSSR count). The molecule has 0 spiro atoms. The SMILES string of the molecule is Cc1ccc(CNc2nccc(C)c2C(=O)O)s1. The monoisotopic (exact) mass is 262 g/mol. The molecule has 18 heavy (non-hydrogen) atoms. The Bertz CT molecular complexity index is 578. The molecule has 94 valence electrons. The van der Waals surface area contributed by atoms with Crippen LogP contribution in [0.1, 0.15) is 25.7 Å². The van der Waals surface area contributed by atoms with Crippen LogP contribution in [0, 0.1) is 13.8 Å². The van der Waals surface area contributed by atoms with Crippen LogP contribution in [0.15, 0.2) is 24.4 Å². The average Bonchev–Trinajstić information content (AvgIpc) is 2.72. The van der Waals surface area contributed by atoms with Gasteiger partial charge in [0.15, 0.2) is 0 Å². The third-order valence-electron chi connectivity index (χ3n) is 2.60. The molecular weight excluding hydrogens is 248 g/mol. The standard InChI is InChI=1S/C13H14N2O2S/c1-8-5-6-14-12(11(8)13(16)17)15-7-10-4-3-9(2)18-10/h3-6H,7H2,1-2H3,(H,14,15)(H,16,17). The molecule has 0 aliphatic heterocycles. The molecular formula is C13H14N2O2S. The summed E-state index contributed by atoms with van der Waals surface area (Å²) in [7, 11) is 0. The highest BCUT2D eigenvalue weighted by Crippen LogP contribution is 2.20. The van der Waals surface area contributed by atoms with E-state index in [4.69, 9.17) is 0 Å². The van der Waals surface area contributed by atoms with Crippen molar-refractivity contribution in [2.45, 2.75) is 20.4 Å². The summed E-state index contributed by atoms with van der Waals surface area (Å²) < 4.78 is 0. The second-order valence-electron chi connectivity index (χ2n) is 4.02. The number of nitrogens with one attached hydrogen (secondary N) is 1. The van der Waals surface area contributed by atoms with Gasteiger partial charge in [0, 0.05) is 16.0 Å². The Morgan fingerprint density at radius 1 is 1.39 bits per heavy atom. The molecule has 0 aliphatic rings. The van der Waals surface area contributed by atoms with Crippen molar-refractivity contribution in [1.82, 2.24) is 4.98 Å². The molecule has 0 aliphatic carbocycles. The Balaban J connectivity index is 2.19. The van der Waals surface area contributed by atoms with E-state index in [0.717, 1.165) is 4.88 Å². The first-order chi connectivity index (χ1) is 8.58. The van der Waals surface area contributed by atoms with Gasteiger partial charge in [0.05, 0.1) is 6.54 Å². The number of hydrogen-bond acceptors (Lipinski definition) is 4. The van der Waals surface area contributed by atoms with Crippen LogP contribution in [-0.2, 0) is 6.54 Å². The highest BCUT2D eigenvalue weighted by Gasteiger charge is 2.14. The van der Waals surface area contributed by atoms with Crippen LogP contribution in [0.2, 0.25) is 0 Å². The smallest absolute Gasteiger partial charge is 0.339 e. The van der Waals surface area contributed by atoms with Crippen molar-refractivity contribution in [2.24, 2.45) is 0 Å². The molecule has 2 N–H and O–H groups in total. The summed E-state index contributed by atoms with van der Waals surface area (Å²) in [5.74, 6) is -0.529. The summed E-state index contributed by atoms with van der Waals surface area (Å²) in [6.07, 6.45) is 1.61. The molecule has 5 heteroatoms. The number of carboxylic acids is 1. The Morgan fingerprint density at radius 3 is 2.78 bits per heavy atom. The van der Waals surface area contributed by atoms with Gasteiger partial charge in [0.2, 0.25) is 0 Å². The summed E-state index contributed by atoms with van der Waals surface area (Å²) >= 11 is 1.69. The Hall–Kier alpha value is -1.88. The first kappa shape index (κ1) is 12.6. The predicted molar refractivity (Wildman–Crippen MR) is 72.3 cm³/mol. The third-order valence-corrected chi connectivity index (χ3v) is 3.60. The summed E-state index contributed by atoms with van der Waals surface area (Å²) in [6, 6.07) is 5.77. The van der Waals surface area contributed by atoms with Gasteiger partial charge >= 0.3 is 5.97 Å². The number of aromatic carboxylic acids is 1. The molecule has 0 fully saturated rings. The molecule has 0 radical (unpaired) electrons. The summed E-state index contributed by atoms with van der Waals surface area (Å²) in [5.41, 5.74) is 0.952. The van der Waals surface area contributed by atoms with E-state index in [0.29, 0.717) is 17.9 Å². The van der Waals surface area contributed by atoms with Crippen molar-refractivity contribution < 1.29 is 9.90 Å². The van der Waals surface area contributed by atoms with E-state index in [1.165, 1.54) is 4.88 Å². The van der Waals surface area contributed by atoms with E-state index >= 15 is 0 Å². The van der Waals surface area contributed by atoms with Gasteiger partial charge in [0.25, 0.3) is 0 Å². The molecule has 0 unspecified atom stereocenters. The lowest BCUT2D eigenvalue weighted by Gasteiger charge is -2.09. The number of anilines is 1. The highest BCUT2D eigenvalue weighted by atomic mass is 32.1. The number of hydrogen-bond donors (Lipinski definition) is 2. The second-order valence-corrected chi connectivity index (χ2v) is 5.39. The predicted octanol–water partition coefficient (Wildman–Crippen LogP) is 3.07. The number of aromatic nitrogens is 1. The fourth-order valence-corrected chi connectivity index (χ4v) is 2.54. The number of carbonyl (C=O) groups is 1. The maximum atomic E-state index is 11.2. The van der Waals surface area contributed by atoms with Crippen molar-refractivity contribution in [2.75, 3.05) is 5.32 Å². The number of pyridine rings is 1. The molecule has 2 heterocycles. The fourth-order valence-electron chi connectivity index (χ4n) is 1.71. The van der Waals surface area contributed by atoms with Gasteiger partial charge in [-0.05, 0) is 37.6 Å². The van der Waals surface area contributed by atoms with Crippen molar-refractivity contribution in [3.05, 3.63) is 45.3 Å². The van der Waals surface area contributed by atoms with E-state index in [-0.39, 0.29) is 5.56 Å². The first-order valence-electron chi connectivity index (χ1n) is 5.56. The number of nitrogens with zero attached hydrogens (tertiary/aromatic N) is 1. The maximum absolute atomic E-state index is 11.2. The van der Waals surface area contributed by atoms with Crippen LogP contribution in [0.5, 0.6) is 0 Å². The van der Waals surface area contributed by atoms with Gasteiger partial charge in [-0.1, -0.05) is 0 Å². The molecule has 0 aromatic carbocycles. The Morgan fingerprint density at radius 2 is 2.17 bits per heavy atom. The third kappa shape index (κ3) is 2.68. The zero-order chi connectivity index (χ0) is 13.1. The molecule has 0 saturated heterocycles. The van der Waals surface area contributed by atoms with E-state index in [9.17, 15) is 9.90 Å². The molecule has 2 aromatic rings. The quantitative estimate of drug-likeness (QED) is 0.889. The van der Waals surface area contributed by atoms with Gasteiger partial charge in [-0.25, -0.2) is 9.78 Å². The van der Waals surface area contributed by atoms with E-state index < -0.39 is 5.97 Å². The van der Waals surface area contributed by atoms with E-state index in [2.05, 4.69) is 10.3 Å². The largest absolute Gasteiger partial charge is 0.478 e. The Kier molecular flexibility index (Phi) is 3.62. The van der Waals surface area contributed by atoms with Crippen LogP contribution >= 0.6 is 11.3 Å². The van der Waals surface area contributed by atoms with Crippen molar-refractivity contribution in [3.8, 4) is 0 Å². The lowest BCUT2D eigenvalue weighted by Crippen LogP contribution is -2.09. The highest BCUT2D eigenvalue weighted by molar-refractivity contribution is 7.11. The molecule has 0 saturated carbocycles. The first-order valence-corrected chi connectivity index (χ1v) is 6.37. The Labute approximate surface area is 109 Å². The number of aryl methyl sites for hydroxylation is 2. The number of carboxylic acid groups (broad SMARTS) is 1. The van der Waals surface area contributed by atoms with E-state index in [1.807, 2.05) is 19.1 Å². The normalized spacial score (nSPS) is 10.3. The zero-order valence-electron chi connectivity index (χ0n) is 10.2. The minimum atomic E-state index is -0.953. The molecule has 0 atom stereocenters. The lowest BCUT2D eigenvalue weighted by atomic mass is 10.1. The molecule has 4 nitrogen and oxygen atoms in total. The average molecular weight is 262 g/mol. The minimum absolute atomic E-state index is 0.241. The molecule has 2 aromatic heterocycles. The topological polar surface area (TPSA) is 62.2 Å². The van der Waals surface area contributed by atoms with Crippen molar-refractivity contribution >= 4 is 23.1 Å². The summed E-state index contributed by atoms with van der Waals surface area (Å²) in [5, 5.41) is 12.3. The second kappa shape index (κ2) is 5.18. The van der Waals surface area contributed by atoms with Crippen LogP contribution in [0.4, 0.5) is 5.82 Å². The minimum Gasteiger partial charge on any atom is -0.478 e. The molecule has 0 amide bonds. The summed E-state index contributed by atoms with van der Waals surface area (Å²) in [6.45, 7) is 4.41. The zero-order valence-corrected chi connectivity index (χ0v) is 11.0. The van der Waals surface area contributed by atoms with E-state index in [1.54, 1.807) is 30.5 Å². The van der Waals surface area contributed by atoms with Gasteiger partial charge in [0.1, 0.15) is 11.4 Å². The number of thiophene rings is 1. The lowest BCUT2D eigenvalue weighted by molar-refractivity contribution is 0.0697. The van der Waals surface area contributed by atoms with Gasteiger partial charge < -0.3 is 10.4 Å². The van der Waals surface area contributed by atoms with Crippen LogP contribution in [0.3, 0.4) is 0 Å². The van der Waals surface area contributed by atoms with Crippen LogP contribution in [0.25, 0.3) is 0 Å². The molecule has 0 bridgehead atoms. The maximum Gasteiger partial charge on any atom is 0.339 e. The summed E-state index contributed by atoms with van der Waals surface area (Å²) in [4.78, 5) is 17.7.